The second-order valence-electron chi connectivity index (χ2n) is 3.35. The van der Waals surface area contributed by atoms with Crippen LogP contribution in [0.3, 0.4) is 0 Å². The molecule has 2 aromatic heterocycles. The Hall–Kier alpha value is -1.63. The quantitative estimate of drug-likeness (QED) is 0.588. The van der Waals surface area contributed by atoms with Crippen molar-refractivity contribution in [3.05, 3.63) is 40.4 Å². The Kier molecular flexibility index (Phi) is 4.14. The molecular weight excluding hydrogens is 275 g/mol. The minimum absolute atomic E-state index is 0.353. The smallest absolute Gasteiger partial charge is 0.161 e. The molecule has 0 saturated heterocycles. The predicted octanol–water partition coefficient (Wildman–Crippen LogP) is 2.08. The highest BCUT2D eigenvalue weighted by molar-refractivity contribution is 6.37. The molecule has 0 fully saturated rings. The fourth-order valence-corrected chi connectivity index (χ4v) is 1.77. The standard InChI is InChI=1S/C10H10Cl2N6/c11-7-3-8(12)10(18-13)17-9(7)15-4-6-1-2-14-5-16-6/h1-3,5H,4,13H2,(H2,15,17,18). The van der Waals surface area contributed by atoms with Gasteiger partial charge in [-0.05, 0) is 12.1 Å². The van der Waals surface area contributed by atoms with E-state index >= 15 is 0 Å². The number of aromatic nitrogens is 3. The second kappa shape index (κ2) is 5.81. The van der Waals surface area contributed by atoms with E-state index in [1.165, 1.54) is 6.33 Å². The van der Waals surface area contributed by atoms with Crippen LogP contribution < -0.4 is 16.6 Å². The van der Waals surface area contributed by atoms with Crippen LogP contribution in [0.2, 0.25) is 10.0 Å². The van der Waals surface area contributed by atoms with E-state index in [0.29, 0.717) is 28.2 Å². The molecule has 0 spiro atoms. The topological polar surface area (TPSA) is 88.8 Å². The molecule has 0 aliphatic rings. The van der Waals surface area contributed by atoms with Crippen molar-refractivity contribution in [3.63, 3.8) is 0 Å². The van der Waals surface area contributed by atoms with Gasteiger partial charge in [0.2, 0.25) is 0 Å². The van der Waals surface area contributed by atoms with E-state index in [2.05, 4.69) is 25.7 Å². The Bertz CT molecular complexity index is 533. The Labute approximate surface area is 114 Å². The average molecular weight is 285 g/mol. The number of nitrogen functional groups attached to an aromatic ring is 1. The molecule has 0 aliphatic heterocycles. The normalized spacial score (nSPS) is 10.2. The lowest BCUT2D eigenvalue weighted by molar-refractivity contribution is 0.996. The molecule has 0 saturated carbocycles. The maximum absolute atomic E-state index is 6.01. The predicted molar refractivity (Wildman–Crippen MR) is 71.4 cm³/mol. The zero-order valence-corrected chi connectivity index (χ0v) is 10.7. The van der Waals surface area contributed by atoms with E-state index in [9.17, 15) is 0 Å². The largest absolute Gasteiger partial charge is 0.363 e. The summed E-state index contributed by atoms with van der Waals surface area (Å²) in [6, 6.07) is 3.35. The molecule has 18 heavy (non-hydrogen) atoms. The van der Waals surface area contributed by atoms with Crippen LogP contribution in [0.4, 0.5) is 11.6 Å². The zero-order chi connectivity index (χ0) is 13.0. The molecule has 2 aromatic rings. The molecule has 0 atom stereocenters. The molecule has 0 aliphatic carbocycles. The highest BCUT2D eigenvalue weighted by Gasteiger charge is 2.08. The van der Waals surface area contributed by atoms with E-state index in [4.69, 9.17) is 29.0 Å². The third-order valence-corrected chi connectivity index (χ3v) is 2.72. The van der Waals surface area contributed by atoms with Gasteiger partial charge >= 0.3 is 0 Å². The summed E-state index contributed by atoms with van der Waals surface area (Å²) in [6.07, 6.45) is 3.13. The van der Waals surface area contributed by atoms with Crippen LogP contribution in [-0.2, 0) is 6.54 Å². The number of nitrogens with two attached hydrogens (primary N) is 1. The van der Waals surface area contributed by atoms with Crippen LogP contribution in [0.25, 0.3) is 0 Å². The van der Waals surface area contributed by atoms with Gasteiger partial charge in [-0.25, -0.2) is 20.8 Å². The van der Waals surface area contributed by atoms with Crippen molar-refractivity contribution in [2.45, 2.75) is 6.54 Å². The number of hydrogen-bond acceptors (Lipinski definition) is 6. The average Bonchev–Trinajstić information content (AvgIpc) is 2.39. The molecule has 2 heterocycles. The van der Waals surface area contributed by atoms with Gasteiger partial charge in [-0.1, -0.05) is 23.2 Å². The maximum Gasteiger partial charge on any atom is 0.161 e. The van der Waals surface area contributed by atoms with Crippen LogP contribution in [0.15, 0.2) is 24.7 Å². The van der Waals surface area contributed by atoms with Gasteiger partial charge in [-0.2, -0.15) is 0 Å². The minimum atomic E-state index is 0.353. The fraction of sp³-hybridized carbons (Fsp3) is 0.100. The number of halogens is 2. The van der Waals surface area contributed by atoms with E-state index in [1.807, 2.05) is 0 Å². The van der Waals surface area contributed by atoms with Crippen LogP contribution >= 0.6 is 23.2 Å². The summed E-state index contributed by atoms with van der Waals surface area (Å²) in [5.41, 5.74) is 3.21. The lowest BCUT2D eigenvalue weighted by atomic mass is 10.4. The maximum atomic E-state index is 6.01. The summed E-state index contributed by atoms with van der Waals surface area (Å²) < 4.78 is 0. The van der Waals surface area contributed by atoms with Crippen molar-refractivity contribution in [1.82, 2.24) is 15.0 Å². The third kappa shape index (κ3) is 2.98. The number of nitrogens with zero attached hydrogens (tertiary/aromatic N) is 3. The van der Waals surface area contributed by atoms with Crippen LogP contribution in [0.1, 0.15) is 5.69 Å². The molecule has 0 radical (unpaired) electrons. The lowest BCUT2D eigenvalue weighted by Gasteiger charge is -2.10. The Morgan fingerprint density at radius 2 is 2.00 bits per heavy atom. The summed E-state index contributed by atoms with van der Waals surface area (Å²) >= 11 is 11.9. The van der Waals surface area contributed by atoms with E-state index in [1.54, 1.807) is 18.3 Å². The first-order valence-corrected chi connectivity index (χ1v) is 5.77. The van der Waals surface area contributed by atoms with Crippen molar-refractivity contribution in [3.8, 4) is 0 Å². The summed E-state index contributed by atoms with van der Waals surface area (Å²) in [5.74, 6) is 6.12. The Balaban J connectivity index is 2.14. The monoisotopic (exact) mass is 284 g/mol. The van der Waals surface area contributed by atoms with E-state index < -0.39 is 0 Å². The molecular formula is C10H10Cl2N6. The zero-order valence-electron chi connectivity index (χ0n) is 9.19. The molecule has 0 amide bonds. The van der Waals surface area contributed by atoms with Gasteiger partial charge in [-0.3, -0.25) is 0 Å². The summed E-state index contributed by atoms with van der Waals surface area (Å²) in [6.45, 7) is 0.473. The summed E-state index contributed by atoms with van der Waals surface area (Å²) in [4.78, 5) is 12.1. The number of pyridine rings is 1. The van der Waals surface area contributed by atoms with E-state index in [0.717, 1.165) is 5.69 Å². The number of hydrogen-bond donors (Lipinski definition) is 3. The van der Waals surface area contributed by atoms with Crippen LogP contribution in [0, 0.1) is 0 Å². The molecule has 2 rings (SSSR count). The number of rotatable bonds is 4. The van der Waals surface area contributed by atoms with Crippen LogP contribution in [-0.4, -0.2) is 15.0 Å². The lowest BCUT2D eigenvalue weighted by Crippen LogP contribution is -2.11. The number of anilines is 2. The van der Waals surface area contributed by atoms with Gasteiger partial charge in [0, 0.05) is 6.20 Å². The minimum Gasteiger partial charge on any atom is -0.363 e. The van der Waals surface area contributed by atoms with Gasteiger partial charge in [0.05, 0.1) is 22.3 Å². The van der Waals surface area contributed by atoms with Crippen LogP contribution in [0.5, 0.6) is 0 Å². The van der Waals surface area contributed by atoms with Crippen molar-refractivity contribution in [2.75, 3.05) is 10.7 Å². The Morgan fingerprint density at radius 1 is 1.22 bits per heavy atom. The molecule has 94 valence electrons. The van der Waals surface area contributed by atoms with Crippen molar-refractivity contribution < 1.29 is 0 Å². The fourth-order valence-electron chi connectivity index (χ4n) is 1.29. The highest BCUT2D eigenvalue weighted by atomic mass is 35.5. The first kappa shape index (κ1) is 12.8. The highest BCUT2D eigenvalue weighted by Crippen LogP contribution is 2.28. The SMILES string of the molecule is NNc1nc(NCc2ccncn2)c(Cl)cc1Cl. The van der Waals surface area contributed by atoms with Gasteiger partial charge in [-0.15, -0.1) is 0 Å². The van der Waals surface area contributed by atoms with Gasteiger partial charge < -0.3 is 10.7 Å². The Morgan fingerprint density at radius 3 is 2.67 bits per heavy atom. The van der Waals surface area contributed by atoms with Crippen molar-refractivity contribution in [2.24, 2.45) is 5.84 Å². The van der Waals surface area contributed by atoms with Gasteiger partial charge in [0.15, 0.2) is 5.82 Å². The first-order chi connectivity index (χ1) is 8.70. The molecule has 4 N–H and O–H groups in total. The van der Waals surface area contributed by atoms with Crippen molar-refractivity contribution >= 4 is 34.8 Å². The number of nitrogens with one attached hydrogen (secondary N) is 2. The van der Waals surface area contributed by atoms with Gasteiger partial charge in [0.1, 0.15) is 12.1 Å². The molecule has 0 aromatic carbocycles. The summed E-state index contributed by atoms with van der Waals surface area (Å²) in [5, 5.41) is 3.81. The van der Waals surface area contributed by atoms with E-state index in [-0.39, 0.29) is 0 Å². The first-order valence-electron chi connectivity index (χ1n) is 5.02. The molecule has 0 bridgehead atoms. The van der Waals surface area contributed by atoms with Gasteiger partial charge in [0.25, 0.3) is 0 Å². The third-order valence-electron chi connectivity index (χ3n) is 2.15. The molecule has 8 heteroatoms. The summed E-state index contributed by atoms with van der Waals surface area (Å²) in [7, 11) is 0. The number of hydrazine groups is 1. The van der Waals surface area contributed by atoms with Crippen molar-refractivity contribution in [1.29, 1.82) is 0 Å². The molecule has 0 unspecified atom stereocenters. The second-order valence-corrected chi connectivity index (χ2v) is 4.16. The molecule has 6 nitrogen and oxygen atoms in total.